The van der Waals surface area contributed by atoms with Crippen molar-refractivity contribution in [1.82, 2.24) is 48.6 Å². The Morgan fingerprint density at radius 2 is 1.40 bits per heavy atom. The summed E-state index contributed by atoms with van der Waals surface area (Å²) < 4.78 is 47.1. The summed E-state index contributed by atoms with van der Waals surface area (Å²) in [6, 6.07) is 20.3. The number of anilines is 2. The molecule has 16 nitrogen and oxygen atoms in total. The number of H-pyrrole nitrogens is 2. The predicted octanol–water partition coefficient (Wildman–Crippen LogP) is 9.67. The van der Waals surface area contributed by atoms with E-state index >= 15 is 0 Å². The van der Waals surface area contributed by atoms with Gasteiger partial charge in [-0.1, -0.05) is 42.5 Å². The summed E-state index contributed by atoms with van der Waals surface area (Å²) in [5, 5.41) is 1.67. The van der Waals surface area contributed by atoms with E-state index in [9.17, 15) is 22.8 Å². The number of piperidine rings is 1. The van der Waals surface area contributed by atoms with Gasteiger partial charge in [0.25, 0.3) is 5.91 Å². The van der Waals surface area contributed by atoms with Crippen molar-refractivity contribution in [2.75, 3.05) is 24.6 Å². The second-order valence-corrected chi connectivity index (χ2v) is 18.7. The van der Waals surface area contributed by atoms with Crippen molar-refractivity contribution in [3.8, 4) is 28.5 Å². The maximum absolute atomic E-state index is 13.0. The third-order valence-corrected chi connectivity index (χ3v) is 14.0. The number of amides is 1. The van der Waals surface area contributed by atoms with Crippen LogP contribution in [0.25, 0.3) is 55.6 Å². The molecule has 0 bridgehead atoms. The molecular formula is C53H50F3N13O3. The first-order valence-corrected chi connectivity index (χ1v) is 24.0. The molecule has 72 heavy (non-hydrogen) atoms. The zero-order valence-electron chi connectivity index (χ0n) is 39.2. The lowest BCUT2D eigenvalue weighted by molar-refractivity contribution is -0.274. The maximum Gasteiger partial charge on any atom is 0.573 e. The molecule has 0 spiro atoms. The number of carbonyl (C=O) groups excluding carboxylic acids is 2. The van der Waals surface area contributed by atoms with Gasteiger partial charge in [-0.25, -0.2) is 19.9 Å². The number of aryl methyl sites for hydroxylation is 1. The zero-order valence-corrected chi connectivity index (χ0v) is 39.2. The van der Waals surface area contributed by atoms with Crippen LogP contribution in [0.5, 0.6) is 5.75 Å². The maximum atomic E-state index is 13.0. The number of carbonyl (C=O) groups is 2. The number of hydrogen-bond acceptors (Lipinski definition) is 11. The van der Waals surface area contributed by atoms with Gasteiger partial charge < -0.3 is 31.1 Å². The molecule has 0 unspecified atom stereocenters. The lowest BCUT2D eigenvalue weighted by Gasteiger charge is -2.31. The number of nitrogen functional groups attached to an aromatic ring is 2. The fourth-order valence-corrected chi connectivity index (χ4v) is 10.4. The number of rotatable bonds is 9. The van der Waals surface area contributed by atoms with Gasteiger partial charge >= 0.3 is 6.36 Å². The highest BCUT2D eigenvalue weighted by atomic mass is 19.4. The monoisotopic (exact) mass is 973 g/mol. The number of nitrogens with two attached hydrogens (primary N) is 2. The number of aromatic nitrogens is 9. The molecule has 1 saturated heterocycles. The molecule has 2 aromatic carbocycles. The van der Waals surface area contributed by atoms with Gasteiger partial charge in [0.2, 0.25) is 0 Å². The number of aromatic amines is 2. The van der Waals surface area contributed by atoms with Crippen molar-refractivity contribution < 1.29 is 27.5 Å². The molecular weight excluding hydrogens is 924 g/mol. The topological polar surface area (TPSA) is 216 Å². The third-order valence-electron chi connectivity index (χ3n) is 14.0. The quantitative estimate of drug-likeness (QED) is 0.107. The number of nitrogens with one attached hydrogen (secondary N) is 2. The first kappa shape index (κ1) is 46.1. The second-order valence-electron chi connectivity index (χ2n) is 18.7. The van der Waals surface area contributed by atoms with Gasteiger partial charge in [0.15, 0.2) is 5.75 Å². The summed E-state index contributed by atoms with van der Waals surface area (Å²) in [5.41, 5.74) is 20.5. The van der Waals surface area contributed by atoms with E-state index in [2.05, 4.69) is 57.2 Å². The highest BCUT2D eigenvalue weighted by molar-refractivity contribution is 6.39. The van der Waals surface area contributed by atoms with Gasteiger partial charge in [0, 0.05) is 103 Å². The lowest BCUT2D eigenvalue weighted by Crippen LogP contribution is -2.41. The minimum absolute atomic E-state index is 0.0178. The fraction of sp³-hybridized carbons (Fsp3) is 0.283. The molecule has 9 aromatic rings. The first-order valence-electron chi connectivity index (χ1n) is 24.0. The summed E-state index contributed by atoms with van der Waals surface area (Å²) in [7, 11) is 0. The van der Waals surface area contributed by atoms with E-state index in [1.165, 1.54) is 12.1 Å². The number of ketones is 1. The lowest BCUT2D eigenvalue weighted by atomic mass is 9.78. The molecule has 2 fully saturated rings. The highest BCUT2D eigenvalue weighted by Crippen LogP contribution is 2.41. The minimum Gasteiger partial charge on any atom is -0.404 e. The van der Waals surface area contributed by atoms with Gasteiger partial charge in [-0.3, -0.25) is 28.4 Å². The van der Waals surface area contributed by atoms with Crippen LogP contribution in [-0.2, 0) is 16.0 Å². The van der Waals surface area contributed by atoms with Crippen LogP contribution in [0.15, 0.2) is 115 Å². The zero-order chi connectivity index (χ0) is 49.7. The van der Waals surface area contributed by atoms with Crippen LogP contribution >= 0.6 is 0 Å². The number of halogens is 3. The molecule has 1 saturated carbocycles. The minimum atomic E-state index is -4.82. The summed E-state index contributed by atoms with van der Waals surface area (Å²) in [6.07, 6.45) is 13.4. The Kier molecular flexibility index (Phi) is 12.0. The Balaban J connectivity index is 0.000000159. The molecule has 2 aliphatic heterocycles. The number of pyridine rings is 1. The number of para-hydroxylation sites is 2. The SMILES string of the molecule is Cc1ccc(CC(=O)C2CCC(c3nc(-c4cc5cccc(OC(F)(F)F)c5[nH]4)c4c(N)nccn34)CC2)cn1.Nc1nccn2c(C3CCN(C(=O)C4=NC=CC4)CC3)nc(-c3cc4ccccc4[nH]3)c12. The van der Waals surface area contributed by atoms with Crippen molar-refractivity contribution in [2.24, 2.45) is 10.9 Å². The van der Waals surface area contributed by atoms with E-state index in [0.29, 0.717) is 59.8 Å². The van der Waals surface area contributed by atoms with Crippen molar-refractivity contribution in [1.29, 1.82) is 0 Å². The Hall–Kier alpha value is -8.35. The number of Topliss-reactive ketones (excluding diaryl/α,β-unsaturated/α-hetero) is 1. The molecule has 7 aromatic heterocycles. The number of benzene rings is 2. The summed E-state index contributed by atoms with van der Waals surface area (Å²) in [4.78, 5) is 61.1. The van der Waals surface area contributed by atoms with Gasteiger partial charge in [0.1, 0.15) is 57.2 Å². The second kappa shape index (κ2) is 18.8. The van der Waals surface area contributed by atoms with Crippen molar-refractivity contribution >= 4 is 61.9 Å². The summed E-state index contributed by atoms with van der Waals surface area (Å²) >= 11 is 0. The van der Waals surface area contributed by atoms with E-state index in [1.807, 2.05) is 52.8 Å². The highest BCUT2D eigenvalue weighted by Gasteiger charge is 2.34. The predicted molar refractivity (Wildman–Crippen MR) is 268 cm³/mol. The van der Waals surface area contributed by atoms with Gasteiger partial charge in [-0.2, -0.15) is 0 Å². The number of fused-ring (bicyclic) bond motifs is 4. The molecule has 6 N–H and O–H groups in total. The normalized spacial score (nSPS) is 17.4. The van der Waals surface area contributed by atoms with Gasteiger partial charge in [-0.15, -0.1) is 13.2 Å². The van der Waals surface area contributed by atoms with E-state index in [-0.39, 0.29) is 46.5 Å². The van der Waals surface area contributed by atoms with Crippen molar-refractivity contribution in [3.63, 3.8) is 0 Å². The Bertz CT molecular complexity index is 3540. The van der Waals surface area contributed by atoms with Crippen LogP contribution in [0.2, 0.25) is 0 Å². The molecule has 0 radical (unpaired) electrons. The average molecular weight is 974 g/mol. The Morgan fingerprint density at radius 1 is 0.764 bits per heavy atom. The number of allylic oxidation sites excluding steroid dienone is 1. The molecule has 1 amide bonds. The summed E-state index contributed by atoms with van der Waals surface area (Å²) in [6.45, 7) is 3.30. The van der Waals surface area contributed by atoms with Crippen LogP contribution in [0.4, 0.5) is 24.8 Å². The number of aliphatic imine (C=N–C) groups is 1. The van der Waals surface area contributed by atoms with Crippen LogP contribution in [0.3, 0.4) is 0 Å². The smallest absolute Gasteiger partial charge is 0.404 e. The van der Waals surface area contributed by atoms with Crippen molar-refractivity contribution in [3.05, 3.63) is 133 Å². The number of likely N-dealkylation sites (tertiary alicyclic amines) is 1. The van der Waals surface area contributed by atoms with Crippen LogP contribution < -0.4 is 16.2 Å². The average Bonchev–Trinajstić information content (AvgIpc) is 4.24. The van der Waals surface area contributed by atoms with E-state index < -0.39 is 6.36 Å². The standard InChI is InChI=1S/C29H27F3N6O2.C24H23N7O/c1-16-5-6-17(15-35-16)13-22(39)18-7-9-19(10-8-18)28-37-25(26-27(33)34-11-12-38(26)28)21-14-20-3-2-4-23(24(20)36-21)40-29(30,31)32;25-22-21-20(19-14-16-4-1-2-5-17(16)28-19)29-23(31(21)13-10-27-22)15-7-11-30(12-8-15)24(32)18-6-3-9-26-18/h2-6,11-12,14-15,18-19,36H,7-10,13H2,1H3,(H2,33,34);1-5,9-10,13-15,28H,6-8,11-12H2,(H2,25,27). The van der Waals surface area contributed by atoms with E-state index in [0.717, 1.165) is 89.2 Å². The van der Waals surface area contributed by atoms with Gasteiger partial charge in [0.05, 0.1) is 16.9 Å². The number of ether oxygens (including phenoxy) is 1. The largest absolute Gasteiger partial charge is 0.573 e. The van der Waals surface area contributed by atoms with Crippen LogP contribution in [0, 0.1) is 12.8 Å². The number of alkyl halides is 3. The Morgan fingerprint density at radius 3 is 2.03 bits per heavy atom. The molecule has 366 valence electrons. The van der Waals surface area contributed by atoms with Crippen LogP contribution in [-0.4, -0.2) is 85.4 Å². The molecule has 9 heterocycles. The molecule has 19 heteroatoms. The number of nitrogens with zero attached hydrogens (tertiary/aromatic N) is 9. The summed E-state index contributed by atoms with van der Waals surface area (Å²) in [5.74, 6) is 2.72. The Labute approximate surface area is 410 Å². The van der Waals surface area contributed by atoms with Gasteiger partial charge in [-0.05, 0) is 81.3 Å². The van der Waals surface area contributed by atoms with E-state index in [4.69, 9.17) is 21.4 Å². The van der Waals surface area contributed by atoms with Crippen molar-refractivity contribution in [2.45, 2.75) is 76.5 Å². The van der Waals surface area contributed by atoms with E-state index in [1.54, 1.807) is 43.1 Å². The fourth-order valence-electron chi connectivity index (χ4n) is 10.4. The number of imidazole rings is 2. The molecule has 0 atom stereocenters. The third kappa shape index (κ3) is 9.01. The molecule has 12 rings (SSSR count). The first-order chi connectivity index (χ1) is 34.8. The molecule has 1 aliphatic carbocycles. The van der Waals surface area contributed by atoms with Crippen LogP contribution in [0.1, 0.15) is 79.7 Å². The molecule has 3 aliphatic rings. The number of hydrogen-bond donors (Lipinski definition) is 4.